The molecule has 2 rings (SSSR count). The van der Waals surface area contributed by atoms with Crippen LogP contribution in [0, 0.1) is 5.92 Å². The van der Waals surface area contributed by atoms with E-state index >= 15 is 0 Å². The van der Waals surface area contributed by atoms with Gasteiger partial charge in [-0.15, -0.1) is 0 Å². The number of fused-ring (bicyclic) bond motifs is 1. The van der Waals surface area contributed by atoms with Crippen LogP contribution in [0.25, 0.3) is 0 Å². The maximum absolute atomic E-state index is 11.3. The van der Waals surface area contributed by atoms with Crippen LogP contribution in [-0.4, -0.2) is 49.1 Å². The zero-order valence-corrected chi connectivity index (χ0v) is 9.24. The molecule has 16 heavy (non-hydrogen) atoms. The quantitative estimate of drug-likeness (QED) is 0.556. The van der Waals surface area contributed by atoms with Gasteiger partial charge in [0.05, 0.1) is 6.54 Å². The van der Waals surface area contributed by atoms with E-state index in [1.165, 1.54) is 12.8 Å². The molecule has 2 saturated heterocycles. The summed E-state index contributed by atoms with van der Waals surface area (Å²) >= 11 is 0. The second-order valence-electron chi connectivity index (χ2n) is 4.57. The number of hydrogen-bond donors (Lipinski definition) is 3. The summed E-state index contributed by atoms with van der Waals surface area (Å²) in [6, 6.07) is -0.269. The van der Waals surface area contributed by atoms with Crippen LogP contribution in [0.1, 0.15) is 12.8 Å². The summed E-state index contributed by atoms with van der Waals surface area (Å²) in [5.41, 5.74) is 4.88. The topological polar surface area (TPSA) is 87.5 Å². The fourth-order valence-corrected chi connectivity index (χ4v) is 2.65. The highest BCUT2D eigenvalue weighted by Crippen LogP contribution is 2.24. The van der Waals surface area contributed by atoms with E-state index in [0.29, 0.717) is 12.0 Å². The van der Waals surface area contributed by atoms with Gasteiger partial charge in [0.25, 0.3) is 0 Å². The smallest absolute Gasteiger partial charge is 0.318 e. The highest BCUT2D eigenvalue weighted by Gasteiger charge is 2.34. The molecule has 2 unspecified atom stereocenters. The summed E-state index contributed by atoms with van der Waals surface area (Å²) in [4.78, 5) is 23.9. The number of nitrogens with two attached hydrogens (primary N) is 1. The van der Waals surface area contributed by atoms with Gasteiger partial charge in [0.1, 0.15) is 0 Å². The minimum atomic E-state index is -0.778. The Morgan fingerprint density at radius 1 is 1.44 bits per heavy atom. The number of hydrogen-bond acceptors (Lipinski definition) is 4. The number of carbonyl (C=O) groups excluding carboxylic acids is 2. The van der Waals surface area contributed by atoms with Crippen LogP contribution in [0.15, 0.2) is 0 Å². The van der Waals surface area contributed by atoms with Crippen LogP contribution in [0.5, 0.6) is 0 Å². The Morgan fingerprint density at radius 2 is 2.25 bits per heavy atom. The van der Waals surface area contributed by atoms with Gasteiger partial charge in [0, 0.05) is 19.1 Å². The van der Waals surface area contributed by atoms with Gasteiger partial charge in [-0.3, -0.25) is 15.0 Å². The summed E-state index contributed by atoms with van der Waals surface area (Å²) in [6.45, 7) is 3.15. The highest BCUT2D eigenvalue weighted by molar-refractivity contribution is 5.94. The number of likely N-dealkylation sites (tertiary alicyclic amines) is 1. The molecule has 0 bridgehead atoms. The van der Waals surface area contributed by atoms with Gasteiger partial charge in [0.2, 0.25) is 5.91 Å². The van der Waals surface area contributed by atoms with E-state index < -0.39 is 6.03 Å². The molecule has 0 aromatic rings. The normalized spacial score (nSPS) is 29.8. The number of nitrogens with zero attached hydrogens (tertiary/aromatic N) is 1. The number of primary amides is 1. The summed E-state index contributed by atoms with van der Waals surface area (Å²) < 4.78 is 0. The van der Waals surface area contributed by atoms with Crippen molar-refractivity contribution in [1.29, 1.82) is 0 Å². The van der Waals surface area contributed by atoms with Crippen LogP contribution < -0.4 is 16.4 Å². The minimum absolute atomic E-state index is 0.262. The average molecular weight is 226 g/mol. The fourth-order valence-electron chi connectivity index (χ4n) is 2.65. The second-order valence-corrected chi connectivity index (χ2v) is 4.57. The van der Waals surface area contributed by atoms with E-state index in [2.05, 4.69) is 15.5 Å². The molecule has 0 radical (unpaired) electrons. The van der Waals surface area contributed by atoms with E-state index in [0.717, 1.165) is 19.6 Å². The number of carbonyl (C=O) groups is 2. The van der Waals surface area contributed by atoms with Crippen LogP contribution in [-0.2, 0) is 4.79 Å². The molecule has 0 aliphatic carbocycles. The van der Waals surface area contributed by atoms with Crippen molar-refractivity contribution in [3.05, 3.63) is 0 Å². The third kappa shape index (κ3) is 2.70. The molecule has 2 heterocycles. The van der Waals surface area contributed by atoms with E-state index in [9.17, 15) is 9.59 Å². The van der Waals surface area contributed by atoms with E-state index in [-0.39, 0.29) is 12.5 Å². The van der Waals surface area contributed by atoms with E-state index in [1.54, 1.807) is 0 Å². The van der Waals surface area contributed by atoms with Crippen molar-refractivity contribution in [2.45, 2.75) is 18.9 Å². The summed E-state index contributed by atoms with van der Waals surface area (Å²) in [6.07, 6.45) is 2.44. The van der Waals surface area contributed by atoms with Crippen molar-refractivity contribution in [1.82, 2.24) is 15.5 Å². The Labute approximate surface area is 94.5 Å². The monoisotopic (exact) mass is 226 g/mol. The maximum atomic E-state index is 11.3. The Hall–Kier alpha value is -1.14. The molecule has 90 valence electrons. The predicted molar refractivity (Wildman–Crippen MR) is 58.7 cm³/mol. The molecule has 2 aliphatic heterocycles. The molecular weight excluding hydrogens is 208 g/mol. The number of nitrogens with one attached hydrogen (secondary N) is 2. The van der Waals surface area contributed by atoms with Crippen LogP contribution in [0.2, 0.25) is 0 Å². The number of rotatable bonds is 2. The van der Waals surface area contributed by atoms with Gasteiger partial charge in [-0.05, 0) is 25.3 Å². The number of piperidine rings is 1. The van der Waals surface area contributed by atoms with Crippen molar-refractivity contribution in [2.75, 3.05) is 26.2 Å². The Kier molecular flexibility index (Phi) is 3.40. The molecule has 0 saturated carbocycles. The Morgan fingerprint density at radius 3 is 2.94 bits per heavy atom. The van der Waals surface area contributed by atoms with Crippen LogP contribution in [0.3, 0.4) is 0 Å². The molecule has 2 fully saturated rings. The predicted octanol–water partition coefficient (Wildman–Crippen LogP) is -1.13. The van der Waals surface area contributed by atoms with Crippen molar-refractivity contribution < 1.29 is 9.59 Å². The standard InChI is InChI=1S/C10H18N4O2/c11-10(16)13-9(15)6-14-4-7-2-1-3-12-8(7)5-14/h7-8,12H,1-6H2,(H3,11,13,15,16). The average Bonchev–Trinajstić information content (AvgIpc) is 2.57. The second kappa shape index (κ2) is 4.80. The molecule has 0 aromatic carbocycles. The summed E-state index contributed by atoms with van der Waals surface area (Å²) in [5.74, 6) is 0.335. The fraction of sp³-hybridized carbons (Fsp3) is 0.800. The highest BCUT2D eigenvalue weighted by atomic mass is 16.2. The SMILES string of the molecule is NC(=O)NC(=O)CN1CC2CCCNC2C1. The zero-order chi connectivity index (χ0) is 11.5. The Balaban J connectivity index is 1.79. The van der Waals surface area contributed by atoms with Gasteiger partial charge in [-0.1, -0.05) is 0 Å². The van der Waals surface area contributed by atoms with Crippen LogP contribution in [0.4, 0.5) is 4.79 Å². The van der Waals surface area contributed by atoms with Crippen molar-refractivity contribution in [3.8, 4) is 0 Å². The van der Waals surface area contributed by atoms with Gasteiger partial charge < -0.3 is 11.1 Å². The van der Waals surface area contributed by atoms with Crippen LogP contribution >= 0.6 is 0 Å². The lowest BCUT2D eigenvalue weighted by Gasteiger charge is -2.24. The van der Waals surface area contributed by atoms with Gasteiger partial charge in [0.15, 0.2) is 0 Å². The molecule has 6 nitrogen and oxygen atoms in total. The van der Waals surface area contributed by atoms with Crippen molar-refractivity contribution >= 4 is 11.9 Å². The minimum Gasteiger partial charge on any atom is -0.351 e. The lowest BCUT2D eigenvalue weighted by molar-refractivity contribution is -0.120. The Bertz CT molecular complexity index is 281. The van der Waals surface area contributed by atoms with Gasteiger partial charge >= 0.3 is 6.03 Å². The lowest BCUT2D eigenvalue weighted by Crippen LogP contribution is -2.43. The third-order valence-electron chi connectivity index (χ3n) is 3.30. The number of imide groups is 1. The van der Waals surface area contributed by atoms with Gasteiger partial charge in [-0.2, -0.15) is 0 Å². The summed E-state index contributed by atoms with van der Waals surface area (Å²) in [5, 5.41) is 5.55. The molecular formula is C10H18N4O2. The maximum Gasteiger partial charge on any atom is 0.318 e. The molecule has 6 heteroatoms. The summed E-state index contributed by atoms with van der Waals surface area (Å²) in [7, 11) is 0. The number of urea groups is 1. The first-order valence-corrected chi connectivity index (χ1v) is 5.70. The lowest BCUT2D eigenvalue weighted by atomic mass is 9.94. The van der Waals surface area contributed by atoms with Crippen molar-refractivity contribution in [3.63, 3.8) is 0 Å². The first-order valence-electron chi connectivity index (χ1n) is 5.70. The molecule has 4 N–H and O–H groups in total. The largest absolute Gasteiger partial charge is 0.351 e. The number of amides is 3. The first kappa shape index (κ1) is 11.3. The first-order chi connectivity index (χ1) is 7.65. The molecule has 0 aromatic heterocycles. The van der Waals surface area contributed by atoms with E-state index in [1.807, 2.05) is 0 Å². The molecule has 2 aliphatic rings. The van der Waals surface area contributed by atoms with Crippen molar-refractivity contribution in [2.24, 2.45) is 11.7 Å². The zero-order valence-electron chi connectivity index (χ0n) is 9.24. The molecule has 0 spiro atoms. The van der Waals surface area contributed by atoms with Gasteiger partial charge in [-0.25, -0.2) is 4.79 Å². The van der Waals surface area contributed by atoms with E-state index in [4.69, 9.17) is 5.73 Å². The molecule has 3 amide bonds. The third-order valence-corrected chi connectivity index (χ3v) is 3.30. The molecule has 2 atom stereocenters.